The minimum absolute atomic E-state index is 0.606. The molecule has 0 fully saturated rings. The molecule has 4 nitrogen and oxygen atoms in total. The summed E-state index contributed by atoms with van der Waals surface area (Å²) in [5.74, 6) is 0.890. The summed E-state index contributed by atoms with van der Waals surface area (Å²) in [6, 6.07) is 4.37. The van der Waals surface area contributed by atoms with Crippen LogP contribution in [0.25, 0.3) is 0 Å². The summed E-state index contributed by atoms with van der Waals surface area (Å²) in [7, 11) is 2.14. The molecule has 1 aromatic rings. The fraction of sp³-hybridized carbons (Fsp3) is 0.583. The molecule has 1 heterocycles. The van der Waals surface area contributed by atoms with E-state index in [9.17, 15) is 0 Å². The maximum absolute atomic E-state index is 5.56. The Bertz CT molecular complexity index is 294. The van der Waals surface area contributed by atoms with E-state index in [0.717, 1.165) is 25.3 Å². The van der Waals surface area contributed by atoms with Crippen LogP contribution in [0, 0.1) is 0 Å². The van der Waals surface area contributed by atoms with Gasteiger partial charge in [-0.05, 0) is 46.0 Å². The highest BCUT2D eigenvalue weighted by molar-refractivity contribution is 5.43. The molecule has 0 bridgehead atoms. The van der Waals surface area contributed by atoms with Crippen LogP contribution in [-0.4, -0.2) is 36.1 Å². The lowest BCUT2D eigenvalue weighted by Gasteiger charge is -2.20. The molecule has 0 aliphatic heterocycles. The van der Waals surface area contributed by atoms with Crippen molar-refractivity contribution in [3.63, 3.8) is 0 Å². The molecule has 16 heavy (non-hydrogen) atoms. The normalized spacial score (nSPS) is 11.1. The predicted octanol–water partition coefficient (Wildman–Crippen LogP) is 1.81. The number of hydrogen-bond acceptors (Lipinski definition) is 4. The molecule has 0 saturated carbocycles. The van der Waals surface area contributed by atoms with Crippen LogP contribution in [0.4, 0.5) is 11.5 Å². The zero-order chi connectivity index (χ0) is 12.0. The predicted molar refractivity (Wildman–Crippen MR) is 69.5 cm³/mol. The topological polar surface area (TPSA) is 54.2 Å². The maximum atomic E-state index is 5.56. The first-order valence-corrected chi connectivity index (χ1v) is 5.75. The smallest absolute Gasteiger partial charge is 0.126 e. The van der Waals surface area contributed by atoms with Crippen molar-refractivity contribution >= 4 is 11.5 Å². The first-order valence-electron chi connectivity index (χ1n) is 5.75. The van der Waals surface area contributed by atoms with Crippen molar-refractivity contribution in [1.82, 2.24) is 9.88 Å². The van der Waals surface area contributed by atoms with E-state index < -0.39 is 0 Å². The van der Waals surface area contributed by atoms with E-state index in [2.05, 4.69) is 36.1 Å². The molecule has 0 spiro atoms. The standard InChI is InChI=1S/C12H22N4/c1-10(2)16(3)8-4-7-14-12-6-5-11(13)9-15-12/h5-6,9-10H,4,7-8,13H2,1-3H3,(H,14,15). The summed E-state index contributed by atoms with van der Waals surface area (Å²) in [5.41, 5.74) is 6.26. The second kappa shape index (κ2) is 6.33. The summed E-state index contributed by atoms with van der Waals surface area (Å²) in [6.07, 6.45) is 2.78. The Balaban J connectivity index is 2.18. The van der Waals surface area contributed by atoms with Crippen molar-refractivity contribution in [2.24, 2.45) is 0 Å². The molecule has 4 heteroatoms. The van der Waals surface area contributed by atoms with Crippen LogP contribution in [0.5, 0.6) is 0 Å². The van der Waals surface area contributed by atoms with E-state index in [1.165, 1.54) is 0 Å². The maximum Gasteiger partial charge on any atom is 0.126 e. The Kier molecular flexibility index (Phi) is 5.05. The summed E-state index contributed by atoms with van der Waals surface area (Å²) in [6.45, 7) is 6.44. The van der Waals surface area contributed by atoms with Gasteiger partial charge in [0.1, 0.15) is 5.82 Å². The van der Waals surface area contributed by atoms with E-state index in [0.29, 0.717) is 11.7 Å². The van der Waals surface area contributed by atoms with Crippen LogP contribution in [0.1, 0.15) is 20.3 Å². The van der Waals surface area contributed by atoms with Gasteiger partial charge >= 0.3 is 0 Å². The minimum atomic E-state index is 0.606. The number of aromatic nitrogens is 1. The number of nitrogen functional groups attached to an aromatic ring is 1. The van der Waals surface area contributed by atoms with Gasteiger partial charge in [-0.1, -0.05) is 0 Å². The van der Waals surface area contributed by atoms with E-state index >= 15 is 0 Å². The van der Waals surface area contributed by atoms with E-state index in [-0.39, 0.29) is 0 Å². The molecule has 0 saturated heterocycles. The molecule has 0 amide bonds. The highest BCUT2D eigenvalue weighted by Gasteiger charge is 2.01. The number of rotatable bonds is 6. The Morgan fingerprint density at radius 2 is 2.19 bits per heavy atom. The van der Waals surface area contributed by atoms with Gasteiger partial charge in [0.15, 0.2) is 0 Å². The Labute approximate surface area is 97.9 Å². The van der Waals surface area contributed by atoms with Gasteiger partial charge in [-0.2, -0.15) is 0 Å². The Hall–Kier alpha value is -1.29. The molecule has 90 valence electrons. The highest BCUT2D eigenvalue weighted by atomic mass is 15.1. The number of nitrogens with zero attached hydrogens (tertiary/aromatic N) is 2. The molecule has 0 unspecified atom stereocenters. The average molecular weight is 222 g/mol. The monoisotopic (exact) mass is 222 g/mol. The molecule has 0 aliphatic carbocycles. The van der Waals surface area contributed by atoms with Crippen molar-refractivity contribution in [3.8, 4) is 0 Å². The van der Waals surface area contributed by atoms with Crippen molar-refractivity contribution in [3.05, 3.63) is 18.3 Å². The molecule has 3 N–H and O–H groups in total. The van der Waals surface area contributed by atoms with Crippen LogP contribution < -0.4 is 11.1 Å². The molecule has 0 aromatic carbocycles. The molecular formula is C12H22N4. The zero-order valence-electron chi connectivity index (χ0n) is 10.4. The van der Waals surface area contributed by atoms with Gasteiger partial charge in [0.2, 0.25) is 0 Å². The summed E-state index contributed by atoms with van der Waals surface area (Å²) in [5, 5.41) is 3.27. The van der Waals surface area contributed by atoms with Crippen molar-refractivity contribution in [1.29, 1.82) is 0 Å². The fourth-order valence-corrected chi connectivity index (χ4v) is 1.31. The highest BCUT2D eigenvalue weighted by Crippen LogP contribution is 2.05. The van der Waals surface area contributed by atoms with Gasteiger partial charge < -0.3 is 16.0 Å². The van der Waals surface area contributed by atoms with Gasteiger partial charge in [0.05, 0.1) is 11.9 Å². The van der Waals surface area contributed by atoms with Crippen LogP contribution in [-0.2, 0) is 0 Å². The second-order valence-electron chi connectivity index (χ2n) is 4.33. The van der Waals surface area contributed by atoms with Gasteiger partial charge in [-0.25, -0.2) is 4.98 Å². The fourth-order valence-electron chi connectivity index (χ4n) is 1.31. The lowest BCUT2D eigenvalue weighted by atomic mass is 10.3. The first kappa shape index (κ1) is 12.8. The number of pyridine rings is 1. The SMILES string of the molecule is CC(C)N(C)CCCNc1ccc(N)cn1. The Morgan fingerprint density at radius 3 is 2.75 bits per heavy atom. The number of hydrogen-bond donors (Lipinski definition) is 2. The molecule has 1 rings (SSSR count). The van der Waals surface area contributed by atoms with Crippen LogP contribution in [0.15, 0.2) is 18.3 Å². The summed E-state index contributed by atoms with van der Waals surface area (Å²) < 4.78 is 0. The first-order chi connectivity index (χ1) is 7.59. The third-order valence-electron chi connectivity index (χ3n) is 2.66. The molecule has 1 aromatic heterocycles. The molecule has 0 aliphatic rings. The Morgan fingerprint density at radius 1 is 1.44 bits per heavy atom. The number of nitrogens with two attached hydrogens (primary N) is 1. The van der Waals surface area contributed by atoms with Crippen molar-refractivity contribution in [2.45, 2.75) is 26.3 Å². The lowest BCUT2D eigenvalue weighted by Crippen LogP contribution is -2.28. The van der Waals surface area contributed by atoms with E-state index in [1.54, 1.807) is 6.20 Å². The lowest BCUT2D eigenvalue weighted by molar-refractivity contribution is 0.273. The summed E-state index contributed by atoms with van der Waals surface area (Å²) >= 11 is 0. The summed E-state index contributed by atoms with van der Waals surface area (Å²) in [4.78, 5) is 6.51. The second-order valence-corrected chi connectivity index (χ2v) is 4.33. The van der Waals surface area contributed by atoms with Gasteiger partial charge in [-0.3, -0.25) is 0 Å². The largest absolute Gasteiger partial charge is 0.397 e. The van der Waals surface area contributed by atoms with Gasteiger partial charge in [0.25, 0.3) is 0 Å². The number of anilines is 2. The van der Waals surface area contributed by atoms with E-state index in [1.807, 2.05) is 12.1 Å². The molecule has 0 atom stereocenters. The van der Waals surface area contributed by atoms with Crippen LogP contribution >= 0.6 is 0 Å². The third-order valence-corrected chi connectivity index (χ3v) is 2.66. The van der Waals surface area contributed by atoms with E-state index in [4.69, 9.17) is 5.73 Å². The van der Waals surface area contributed by atoms with Gasteiger partial charge in [-0.15, -0.1) is 0 Å². The minimum Gasteiger partial charge on any atom is -0.397 e. The zero-order valence-corrected chi connectivity index (χ0v) is 10.4. The quantitative estimate of drug-likeness (QED) is 0.721. The molecular weight excluding hydrogens is 200 g/mol. The molecule has 0 radical (unpaired) electrons. The average Bonchev–Trinajstić information content (AvgIpc) is 2.26. The third kappa shape index (κ3) is 4.49. The van der Waals surface area contributed by atoms with Crippen LogP contribution in [0.2, 0.25) is 0 Å². The van der Waals surface area contributed by atoms with Crippen LogP contribution in [0.3, 0.4) is 0 Å². The van der Waals surface area contributed by atoms with Crippen molar-refractivity contribution in [2.75, 3.05) is 31.2 Å². The van der Waals surface area contributed by atoms with Gasteiger partial charge in [0, 0.05) is 12.6 Å². The number of nitrogens with one attached hydrogen (secondary N) is 1. The van der Waals surface area contributed by atoms with Crippen molar-refractivity contribution < 1.29 is 0 Å².